The molecule has 0 saturated carbocycles. The Labute approximate surface area is 137 Å². The lowest BCUT2D eigenvalue weighted by Crippen LogP contribution is -2.29. The molecule has 0 bridgehead atoms. The number of nitrogens with zero attached hydrogens (tertiary/aromatic N) is 3. The van der Waals surface area contributed by atoms with Crippen LogP contribution in [0.4, 0.5) is 11.8 Å². The minimum Gasteiger partial charge on any atom is -0.363 e. The molecule has 23 heavy (non-hydrogen) atoms. The smallest absolute Gasteiger partial charge is 0.251 e. The lowest BCUT2D eigenvalue weighted by atomic mass is 10.1. The maximum Gasteiger partial charge on any atom is 0.251 e. The fourth-order valence-corrected chi connectivity index (χ4v) is 2.02. The van der Waals surface area contributed by atoms with Crippen LogP contribution in [0, 0.1) is 13.8 Å². The predicted molar refractivity (Wildman–Crippen MR) is 93.1 cm³/mol. The molecule has 0 radical (unpaired) electrons. The van der Waals surface area contributed by atoms with Crippen LogP contribution in [0.3, 0.4) is 0 Å². The van der Waals surface area contributed by atoms with E-state index < -0.39 is 0 Å². The first-order chi connectivity index (χ1) is 11.0. The molecule has 0 unspecified atom stereocenters. The first kappa shape index (κ1) is 16.7. The van der Waals surface area contributed by atoms with Gasteiger partial charge < -0.3 is 15.5 Å². The largest absolute Gasteiger partial charge is 0.363 e. The van der Waals surface area contributed by atoms with Crippen molar-refractivity contribution in [3.63, 3.8) is 0 Å². The maximum absolute atomic E-state index is 12.0. The van der Waals surface area contributed by atoms with Crippen molar-refractivity contribution in [3.05, 3.63) is 47.2 Å². The van der Waals surface area contributed by atoms with Gasteiger partial charge in [-0.05, 0) is 26.0 Å². The van der Waals surface area contributed by atoms with Gasteiger partial charge in [-0.25, -0.2) is 4.98 Å². The minimum absolute atomic E-state index is 0.0778. The zero-order chi connectivity index (χ0) is 16.8. The number of amides is 1. The molecule has 1 aromatic heterocycles. The highest BCUT2D eigenvalue weighted by atomic mass is 16.1. The van der Waals surface area contributed by atoms with Crippen LogP contribution in [0.15, 0.2) is 30.3 Å². The van der Waals surface area contributed by atoms with E-state index in [1.54, 1.807) is 0 Å². The number of hydrogen-bond donors (Lipinski definition) is 2. The van der Waals surface area contributed by atoms with Crippen LogP contribution >= 0.6 is 0 Å². The van der Waals surface area contributed by atoms with Crippen LogP contribution < -0.4 is 15.5 Å². The van der Waals surface area contributed by atoms with E-state index in [-0.39, 0.29) is 5.91 Å². The molecule has 122 valence electrons. The SMILES string of the molecule is Cc1ccc(C(=O)NCCNc2nc(C)cc(N(C)C)n2)cc1. The third-order valence-electron chi connectivity index (χ3n) is 3.31. The van der Waals surface area contributed by atoms with Gasteiger partial charge in [0.2, 0.25) is 5.95 Å². The number of aryl methyl sites for hydroxylation is 2. The highest BCUT2D eigenvalue weighted by Gasteiger charge is 2.05. The molecule has 0 saturated heterocycles. The van der Waals surface area contributed by atoms with E-state index in [9.17, 15) is 4.79 Å². The van der Waals surface area contributed by atoms with E-state index in [4.69, 9.17) is 0 Å². The van der Waals surface area contributed by atoms with Crippen molar-refractivity contribution in [1.82, 2.24) is 15.3 Å². The zero-order valence-electron chi connectivity index (χ0n) is 14.1. The lowest BCUT2D eigenvalue weighted by Gasteiger charge is -2.14. The Morgan fingerprint density at radius 1 is 1.09 bits per heavy atom. The van der Waals surface area contributed by atoms with Crippen molar-refractivity contribution < 1.29 is 4.79 Å². The van der Waals surface area contributed by atoms with Crippen molar-refractivity contribution in [2.75, 3.05) is 37.4 Å². The monoisotopic (exact) mass is 313 g/mol. The zero-order valence-corrected chi connectivity index (χ0v) is 14.1. The predicted octanol–water partition coefficient (Wildman–Crippen LogP) is 2.00. The second kappa shape index (κ2) is 7.58. The van der Waals surface area contributed by atoms with E-state index >= 15 is 0 Å². The molecule has 2 aromatic rings. The van der Waals surface area contributed by atoms with Gasteiger partial charge in [0.25, 0.3) is 5.91 Å². The second-order valence-corrected chi connectivity index (χ2v) is 5.63. The van der Waals surface area contributed by atoms with Crippen LogP contribution in [0.5, 0.6) is 0 Å². The number of carbonyl (C=O) groups excluding carboxylic acids is 1. The van der Waals surface area contributed by atoms with Crippen molar-refractivity contribution in [2.45, 2.75) is 13.8 Å². The fraction of sp³-hybridized carbons (Fsp3) is 0.353. The summed E-state index contributed by atoms with van der Waals surface area (Å²) in [7, 11) is 3.88. The summed E-state index contributed by atoms with van der Waals surface area (Å²) in [6, 6.07) is 9.42. The number of hydrogen-bond acceptors (Lipinski definition) is 5. The molecule has 2 rings (SSSR count). The Morgan fingerprint density at radius 2 is 1.78 bits per heavy atom. The molecule has 0 atom stereocenters. The molecule has 0 fully saturated rings. The summed E-state index contributed by atoms with van der Waals surface area (Å²) in [4.78, 5) is 22.7. The molecule has 6 heteroatoms. The number of nitrogens with one attached hydrogen (secondary N) is 2. The minimum atomic E-state index is -0.0778. The standard InChI is InChI=1S/C17H23N5O/c1-12-5-7-14(8-6-12)16(23)18-9-10-19-17-20-13(2)11-15(21-17)22(3)4/h5-8,11H,9-10H2,1-4H3,(H,18,23)(H,19,20,21). The van der Waals surface area contributed by atoms with Crippen molar-refractivity contribution in [3.8, 4) is 0 Å². The number of anilines is 2. The Balaban J connectivity index is 1.83. The van der Waals surface area contributed by atoms with Crippen LogP contribution in [0.2, 0.25) is 0 Å². The van der Waals surface area contributed by atoms with Crippen LogP contribution in [0.25, 0.3) is 0 Å². The Morgan fingerprint density at radius 3 is 2.43 bits per heavy atom. The molecule has 2 N–H and O–H groups in total. The Bertz CT molecular complexity index is 667. The molecule has 0 aliphatic carbocycles. The van der Waals surface area contributed by atoms with E-state index in [1.165, 1.54) is 0 Å². The Kier molecular flexibility index (Phi) is 5.51. The van der Waals surface area contributed by atoms with Crippen LogP contribution in [0.1, 0.15) is 21.6 Å². The molecule has 1 aromatic carbocycles. The molecular weight excluding hydrogens is 290 g/mol. The molecule has 0 aliphatic rings. The van der Waals surface area contributed by atoms with Gasteiger partial charge in [-0.15, -0.1) is 0 Å². The summed E-state index contributed by atoms with van der Waals surface area (Å²) in [5, 5.41) is 6.01. The second-order valence-electron chi connectivity index (χ2n) is 5.63. The van der Waals surface area contributed by atoms with Crippen molar-refractivity contribution in [1.29, 1.82) is 0 Å². The molecule has 1 amide bonds. The normalized spacial score (nSPS) is 10.3. The summed E-state index contributed by atoms with van der Waals surface area (Å²) in [6.07, 6.45) is 0. The summed E-state index contributed by atoms with van der Waals surface area (Å²) >= 11 is 0. The number of carbonyl (C=O) groups is 1. The van der Waals surface area contributed by atoms with E-state index in [1.807, 2.05) is 63.2 Å². The van der Waals surface area contributed by atoms with Gasteiger partial charge in [-0.3, -0.25) is 4.79 Å². The molecule has 0 spiro atoms. The summed E-state index contributed by atoms with van der Waals surface area (Å²) < 4.78 is 0. The Hall–Kier alpha value is -2.63. The summed E-state index contributed by atoms with van der Waals surface area (Å²) in [5.41, 5.74) is 2.70. The highest BCUT2D eigenvalue weighted by Crippen LogP contribution is 2.11. The van der Waals surface area contributed by atoms with E-state index in [2.05, 4.69) is 20.6 Å². The van der Waals surface area contributed by atoms with Gasteiger partial charge >= 0.3 is 0 Å². The van der Waals surface area contributed by atoms with Crippen molar-refractivity contribution in [2.24, 2.45) is 0 Å². The van der Waals surface area contributed by atoms with E-state index in [0.29, 0.717) is 24.6 Å². The number of benzene rings is 1. The maximum atomic E-state index is 12.0. The van der Waals surface area contributed by atoms with Crippen LogP contribution in [-0.2, 0) is 0 Å². The first-order valence-corrected chi connectivity index (χ1v) is 7.57. The van der Waals surface area contributed by atoms with Crippen molar-refractivity contribution >= 4 is 17.7 Å². The third-order valence-corrected chi connectivity index (χ3v) is 3.31. The van der Waals surface area contributed by atoms with Gasteiger partial charge in [0.15, 0.2) is 0 Å². The number of aromatic nitrogens is 2. The van der Waals surface area contributed by atoms with Gasteiger partial charge in [-0.1, -0.05) is 17.7 Å². The average molecular weight is 313 g/mol. The van der Waals surface area contributed by atoms with Gasteiger partial charge in [0.05, 0.1) is 0 Å². The van der Waals surface area contributed by atoms with Gasteiger partial charge in [-0.2, -0.15) is 4.98 Å². The van der Waals surface area contributed by atoms with Gasteiger partial charge in [0.1, 0.15) is 5.82 Å². The fourth-order valence-electron chi connectivity index (χ4n) is 2.02. The quantitative estimate of drug-likeness (QED) is 0.798. The van der Waals surface area contributed by atoms with Gasteiger partial charge in [0, 0.05) is 44.5 Å². The molecule has 1 heterocycles. The summed E-state index contributed by atoms with van der Waals surface area (Å²) in [5.74, 6) is 1.34. The average Bonchev–Trinajstić information content (AvgIpc) is 2.51. The molecular formula is C17H23N5O. The number of rotatable bonds is 6. The highest BCUT2D eigenvalue weighted by molar-refractivity contribution is 5.94. The summed E-state index contributed by atoms with van der Waals surface area (Å²) in [6.45, 7) is 4.99. The first-order valence-electron chi connectivity index (χ1n) is 7.57. The third kappa shape index (κ3) is 4.95. The topological polar surface area (TPSA) is 70.2 Å². The lowest BCUT2D eigenvalue weighted by molar-refractivity contribution is 0.0955. The van der Waals surface area contributed by atoms with E-state index in [0.717, 1.165) is 17.1 Å². The van der Waals surface area contributed by atoms with Crippen LogP contribution in [-0.4, -0.2) is 43.1 Å². The molecule has 6 nitrogen and oxygen atoms in total. The molecule has 0 aliphatic heterocycles.